The van der Waals surface area contributed by atoms with Gasteiger partial charge >= 0.3 is 0 Å². The number of nitrogens with zero attached hydrogens (tertiary/aromatic N) is 2. The lowest BCUT2D eigenvalue weighted by Crippen LogP contribution is -2.32. The molecule has 0 unspecified atom stereocenters. The van der Waals surface area contributed by atoms with Crippen molar-refractivity contribution in [1.29, 1.82) is 5.41 Å². The molecule has 0 bridgehead atoms. The van der Waals surface area contributed by atoms with Gasteiger partial charge in [-0.3, -0.25) is 10.4 Å². The monoisotopic (exact) mass is 406 g/mol. The van der Waals surface area contributed by atoms with Crippen LogP contribution in [0.3, 0.4) is 0 Å². The quantitative estimate of drug-likeness (QED) is 0.405. The van der Waals surface area contributed by atoms with E-state index < -0.39 is 0 Å². The van der Waals surface area contributed by atoms with Crippen molar-refractivity contribution in [3.8, 4) is 5.75 Å². The number of hydrogen-bond donors (Lipinski definition) is 2. The highest BCUT2D eigenvalue weighted by Gasteiger charge is 2.15. The molecule has 0 aliphatic rings. The second-order valence-corrected chi connectivity index (χ2v) is 7.13. The first-order chi connectivity index (χ1) is 12.8. The van der Waals surface area contributed by atoms with E-state index in [9.17, 15) is 0 Å². The summed E-state index contributed by atoms with van der Waals surface area (Å²) in [6, 6.07) is 7.68. The Bertz CT molecular complexity index is 831. The van der Waals surface area contributed by atoms with Crippen molar-refractivity contribution < 1.29 is 4.74 Å². The minimum atomic E-state index is 0.0719. The Hall–Kier alpha value is -2.24. The number of amidine groups is 1. The van der Waals surface area contributed by atoms with Crippen LogP contribution in [0, 0.1) is 19.3 Å². The third-order valence-electron chi connectivity index (χ3n) is 4.29. The fourth-order valence-electron chi connectivity index (χ4n) is 2.83. The van der Waals surface area contributed by atoms with Gasteiger partial charge in [0.2, 0.25) is 0 Å². The fraction of sp³-hybridized carbons (Fsp3) is 0.300. The maximum Gasteiger partial charge on any atom is 0.128 e. The van der Waals surface area contributed by atoms with Crippen molar-refractivity contribution in [1.82, 2.24) is 9.88 Å². The molecule has 0 aliphatic heterocycles. The van der Waals surface area contributed by atoms with Crippen LogP contribution in [0.5, 0.6) is 5.75 Å². The number of nitrogens with two attached hydrogens (primary N) is 1. The molecule has 2 rings (SSSR count). The number of ether oxygens (including phenoxy) is 1. The van der Waals surface area contributed by atoms with Gasteiger partial charge in [-0.05, 0) is 38.0 Å². The van der Waals surface area contributed by atoms with Gasteiger partial charge in [0.1, 0.15) is 16.7 Å². The molecule has 1 aromatic carbocycles. The molecule has 1 aromatic heterocycles. The van der Waals surface area contributed by atoms with Crippen LogP contribution in [-0.4, -0.2) is 29.4 Å². The highest BCUT2D eigenvalue weighted by atomic mass is 35.5. The van der Waals surface area contributed by atoms with Crippen LogP contribution in [0.15, 0.2) is 41.7 Å². The van der Waals surface area contributed by atoms with E-state index in [1.807, 2.05) is 43.0 Å². The van der Waals surface area contributed by atoms with E-state index in [1.165, 1.54) is 6.08 Å². The molecule has 0 saturated heterocycles. The zero-order chi connectivity index (χ0) is 20.0. The smallest absolute Gasteiger partial charge is 0.128 e. The van der Waals surface area contributed by atoms with Crippen molar-refractivity contribution in [3.05, 3.63) is 69.1 Å². The molecule has 0 atom stereocenters. The molecule has 0 radical (unpaired) electrons. The standard InChI is InChI=1S/C20H24Cl2N4O/c1-13-11-25-17(14(2)20(13)27-3)12-26(19(24)10-18(22)23)9-8-15-4-6-16(21)7-5-15/h4-7,10-11,24H,8-9,12,23H2,1-3H3/b18-10-,24-19?. The van der Waals surface area contributed by atoms with Crippen molar-refractivity contribution >= 4 is 29.0 Å². The SMILES string of the molecule is COc1c(C)cnc(CN(CCc2ccc(Cl)cc2)C(=N)/C=C(\N)Cl)c1C. The minimum absolute atomic E-state index is 0.0719. The van der Waals surface area contributed by atoms with Gasteiger partial charge in [0.15, 0.2) is 0 Å². The Morgan fingerprint density at radius 2 is 1.96 bits per heavy atom. The van der Waals surface area contributed by atoms with Gasteiger partial charge in [0.05, 0.1) is 19.3 Å². The number of pyridine rings is 1. The molecular weight excluding hydrogens is 383 g/mol. The predicted molar refractivity (Wildman–Crippen MR) is 112 cm³/mol. The Balaban J connectivity index is 2.23. The van der Waals surface area contributed by atoms with Crippen molar-refractivity contribution in [2.75, 3.05) is 13.7 Å². The molecule has 5 nitrogen and oxygen atoms in total. The van der Waals surface area contributed by atoms with E-state index in [4.69, 9.17) is 39.1 Å². The third kappa shape index (κ3) is 5.88. The number of halogens is 2. The number of methoxy groups -OCH3 is 1. The summed E-state index contributed by atoms with van der Waals surface area (Å²) in [6.07, 6.45) is 3.97. The van der Waals surface area contributed by atoms with E-state index in [1.54, 1.807) is 13.3 Å². The Kier molecular flexibility index (Phi) is 7.51. The fourth-order valence-corrected chi connectivity index (χ4v) is 3.06. The minimum Gasteiger partial charge on any atom is -0.496 e. The summed E-state index contributed by atoms with van der Waals surface area (Å²) < 4.78 is 5.49. The van der Waals surface area contributed by atoms with Crippen LogP contribution >= 0.6 is 23.2 Å². The molecule has 1 heterocycles. The zero-order valence-corrected chi connectivity index (χ0v) is 17.2. The average Bonchev–Trinajstić information content (AvgIpc) is 2.61. The molecule has 7 heteroatoms. The summed E-state index contributed by atoms with van der Waals surface area (Å²) in [7, 11) is 1.65. The molecule has 0 spiro atoms. The maximum atomic E-state index is 8.34. The molecule has 2 aromatic rings. The molecule has 144 valence electrons. The lowest BCUT2D eigenvalue weighted by molar-refractivity contribution is 0.393. The number of nitrogens with one attached hydrogen (secondary N) is 1. The summed E-state index contributed by atoms with van der Waals surface area (Å²) >= 11 is 11.7. The first-order valence-electron chi connectivity index (χ1n) is 8.51. The molecule has 0 aliphatic carbocycles. The summed E-state index contributed by atoms with van der Waals surface area (Å²) in [5.74, 6) is 1.05. The van der Waals surface area contributed by atoms with Gasteiger partial charge in [-0.25, -0.2) is 0 Å². The third-order valence-corrected chi connectivity index (χ3v) is 4.65. The summed E-state index contributed by atoms with van der Waals surface area (Å²) in [5, 5.41) is 9.12. The van der Waals surface area contributed by atoms with Crippen molar-refractivity contribution in [2.45, 2.75) is 26.8 Å². The normalized spacial score (nSPS) is 11.4. The number of hydrogen-bond acceptors (Lipinski definition) is 4. The van der Waals surface area contributed by atoms with Gasteiger partial charge in [-0.1, -0.05) is 35.3 Å². The van der Waals surface area contributed by atoms with Crippen LogP contribution in [-0.2, 0) is 13.0 Å². The second kappa shape index (κ2) is 9.62. The van der Waals surface area contributed by atoms with E-state index in [2.05, 4.69) is 4.98 Å². The Morgan fingerprint density at radius 1 is 1.30 bits per heavy atom. The van der Waals surface area contributed by atoms with Crippen LogP contribution in [0.2, 0.25) is 5.02 Å². The highest BCUT2D eigenvalue weighted by Crippen LogP contribution is 2.25. The molecule has 27 heavy (non-hydrogen) atoms. The number of benzene rings is 1. The summed E-state index contributed by atoms with van der Waals surface area (Å²) in [5.41, 5.74) is 9.47. The lowest BCUT2D eigenvalue weighted by Gasteiger charge is -2.25. The van der Waals surface area contributed by atoms with E-state index in [0.29, 0.717) is 18.1 Å². The number of aromatic nitrogens is 1. The lowest BCUT2D eigenvalue weighted by atomic mass is 10.1. The van der Waals surface area contributed by atoms with Crippen LogP contribution in [0.25, 0.3) is 0 Å². The Morgan fingerprint density at radius 3 is 2.56 bits per heavy atom. The van der Waals surface area contributed by atoms with Crippen LogP contribution in [0.1, 0.15) is 22.4 Å². The van der Waals surface area contributed by atoms with Gasteiger partial charge < -0.3 is 15.4 Å². The van der Waals surface area contributed by atoms with Gasteiger partial charge in [0, 0.05) is 35.0 Å². The molecule has 0 saturated carbocycles. The largest absolute Gasteiger partial charge is 0.496 e. The number of rotatable bonds is 7. The van der Waals surface area contributed by atoms with E-state index in [0.717, 1.165) is 34.6 Å². The molecule has 0 fully saturated rings. The number of aryl methyl sites for hydroxylation is 1. The van der Waals surface area contributed by atoms with Gasteiger partial charge in [0.25, 0.3) is 0 Å². The van der Waals surface area contributed by atoms with Gasteiger partial charge in [-0.15, -0.1) is 0 Å². The van der Waals surface area contributed by atoms with E-state index >= 15 is 0 Å². The summed E-state index contributed by atoms with van der Waals surface area (Å²) in [4.78, 5) is 6.42. The first-order valence-corrected chi connectivity index (χ1v) is 9.27. The van der Waals surface area contributed by atoms with Crippen molar-refractivity contribution in [2.24, 2.45) is 5.73 Å². The molecule has 0 amide bonds. The van der Waals surface area contributed by atoms with Crippen LogP contribution in [0.4, 0.5) is 0 Å². The molecule has 3 N–H and O–H groups in total. The summed E-state index contributed by atoms with van der Waals surface area (Å²) in [6.45, 7) is 4.99. The maximum absolute atomic E-state index is 8.34. The van der Waals surface area contributed by atoms with Crippen LogP contribution < -0.4 is 10.5 Å². The molecular formula is C20H24Cl2N4O. The predicted octanol–water partition coefficient (Wildman–Crippen LogP) is 4.42. The first kappa shape index (κ1) is 21.1. The van der Waals surface area contributed by atoms with Crippen molar-refractivity contribution in [3.63, 3.8) is 0 Å². The van der Waals surface area contributed by atoms with Gasteiger partial charge in [-0.2, -0.15) is 0 Å². The highest BCUT2D eigenvalue weighted by molar-refractivity contribution is 6.30. The Labute approximate surface area is 170 Å². The van der Waals surface area contributed by atoms with E-state index in [-0.39, 0.29) is 11.0 Å². The average molecular weight is 407 g/mol. The topological polar surface area (TPSA) is 75.2 Å². The zero-order valence-electron chi connectivity index (χ0n) is 15.7. The second-order valence-electron chi connectivity index (χ2n) is 6.26.